The van der Waals surface area contributed by atoms with Gasteiger partial charge in [0.25, 0.3) is 5.91 Å². The zero-order chi connectivity index (χ0) is 23.0. The van der Waals surface area contributed by atoms with Crippen molar-refractivity contribution in [3.05, 3.63) is 74.7 Å². The minimum Gasteiger partial charge on any atom is -0.290 e. The van der Waals surface area contributed by atoms with Crippen LogP contribution in [0.1, 0.15) is 16.8 Å². The molecular weight excluding hydrogens is 527 g/mol. The third kappa shape index (κ3) is 3.29. The summed E-state index contributed by atoms with van der Waals surface area (Å²) in [6.07, 6.45) is 5.38. The van der Waals surface area contributed by atoms with Gasteiger partial charge in [-0.2, -0.15) is 0 Å². The second kappa shape index (κ2) is 7.69. The number of anilines is 1. The van der Waals surface area contributed by atoms with Crippen LogP contribution in [-0.2, 0) is 9.59 Å². The zero-order valence-electron chi connectivity index (χ0n) is 17.3. The summed E-state index contributed by atoms with van der Waals surface area (Å²) in [5.74, 6) is -0.0560. The fourth-order valence-electron chi connectivity index (χ4n) is 5.99. The summed E-state index contributed by atoms with van der Waals surface area (Å²) in [6, 6.07) is 11.8. The summed E-state index contributed by atoms with van der Waals surface area (Å²) < 4.78 is 0.851. The van der Waals surface area contributed by atoms with Crippen molar-refractivity contribution in [1.82, 2.24) is 4.90 Å². The SMILES string of the molecule is O=C1C2C3C=CC(C4CC34)C2C(=O)N1CN(C(=O)c1ccc(Cl)cc1Cl)c1ccc(Br)cc1. The van der Waals surface area contributed by atoms with Crippen LogP contribution in [0.25, 0.3) is 0 Å². The molecule has 5 nitrogen and oxygen atoms in total. The van der Waals surface area contributed by atoms with Crippen LogP contribution in [0.3, 0.4) is 0 Å². The minimum absolute atomic E-state index is 0.133. The van der Waals surface area contributed by atoms with E-state index in [0.29, 0.717) is 22.5 Å². The van der Waals surface area contributed by atoms with Crippen LogP contribution >= 0.6 is 39.1 Å². The maximum absolute atomic E-state index is 13.6. The van der Waals surface area contributed by atoms with Crippen LogP contribution in [-0.4, -0.2) is 29.3 Å². The van der Waals surface area contributed by atoms with E-state index in [1.54, 1.807) is 24.3 Å². The Balaban J connectivity index is 1.35. The van der Waals surface area contributed by atoms with Gasteiger partial charge in [-0.05, 0) is 72.6 Å². The van der Waals surface area contributed by atoms with Gasteiger partial charge in [-0.15, -0.1) is 0 Å². The van der Waals surface area contributed by atoms with E-state index >= 15 is 0 Å². The number of carbonyl (C=O) groups is 3. The Hall–Kier alpha value is -2.15. The molecule has 168 valence electrons. The molecule has 0 N–H and O–H groups in total. The van der Waals surface area contributed by atoms with Crippen LogP contribution in [0, 0.1) is 35.5 Å². The van der Waals surface area contributed by atoms with Crippen LogP contribution in [0.4, 0.5) is 5.69 Å². The number of halogens is 3. The lowest BCUT2D eigenvalue weighted by molar-refractivity contribution is -0.140. The average Bonchev–Trinajstić information content (AvgIpc) is 3.58. The second-order valence-electron chi connectivity index (χ2n) is 9.23. The van der Waals surface area contributed by atoms with E-state index in [0.717, 1.165) is 10.9 Å². The van der Waals surface area contributed by atoms with E-state index < -0.39 is 5.91 Å². The highest BCUT2D eigenvalue weighted by molar-refractivity contribution is 9.10. The summed E-state index contributed by atoms with van der Waals surface area (Å²) in [4.78, 5) is 43.3. The predicted octanol–water partition coefficient (Wildman–Crippen LogP) is 5.41. The molecule has 3 amide bonds. The summed E-state index contributed by atoms with van der Waals surface area (Å²) >= 11 is 15.7. The number of rotatable bonds is 4. The van der Waals surface area contributed by atoms with Crippen molar-refractivity contribution in [3.63, 3.8) is 0 Å². The number of amides is 3. The van der Waals surface area contributed by atoms with Crippen molar-refractivity contribution in [2.45, 2.75) is 6.42 Å². The minimum atomic E-state index is -0.404. The molecule has 2 aromatic carbocycles. The average molecular weight is 546 g/mol. The monoisotopic (exact) mass is 544 g/mol. The number of hydrogen-bond donors (Lipinski definition) is 0. The number of carbonyl (C=O) groups excluding carboxylic acids is 3. The highest BCUT2D eigenvalue weighted by Crippen LogP contribution is 2.65. The quantitative estimate of drug-likeness (QED) is 0.381. The van der Waals surface area contributed by atoms with Crippen molar-refractivity contribution < 1.29 is 14.4 Å². The molecule has 5 aliphatic rings. The van der Waals surface area contributed by atoms with E-state index in [9.17, 15) is 14.4 Å². The van der Waals surface area contributed by atoms with Gasteiger partial charge in [0.2, 0.25) is 11.8 Å². The molecule has 6 atom stereocenters. The molecule has 2 aromatic rings. The number of hydrogen-bond acceptors (Lipinski definition) is 3. The first-order valence-corrected chi connectivity index (χ1v) is 12.5. The predicted molar refractivity (Wildman–Crippen MR) is 129 cm³/mol. The molecule has 1 aliphatic heterocycles. The lowest BCUT2D eigenvalue weighted by Crippen LogP contribution is -2.45. The Labute approximate surface area is 209 Å². The first-order valence-electron chi connectivity index (χ1n) is 10.9. The molecule has 0 aromatic heterocycles. The number of benzene rings is 2. The fourth-order valence-corrected chi connectivity index (χ4v) is 6.75. The first kappa shape index (κ1) is 21.4. The van der Waals surface area contributed by atoms with E-state index in [4.69, 9.17) is 23.2 Å². The third-order valence-corrected chi connectivity index (χ3v) is 8.66. The highest BCUT2D eigenvalue weighted by Gasteiger charge is 2.67. The normalized spacial score (nSPS) is 30.9. The molecule has 1 heterocycles. The smallest absolute Gasteiger partial charge is 0.261 e. The number of allylic oxidation sites excluding steroid dienone is 2. The Morgan fingerprint density at radius 3 is 2.15 bits per heavy atom. The molecule has 1 saturated heterocycles. The van der Waals surface area contributed by atoms with Crippen molar-refractivity contribution in [2.75, 3.05) is 11.6 Å². The van der Waals surface area contributed by atoms with Gasteiger partial charge in [0.1, 0.15) is 6.67 Å². The van der Waals surface area contributed by atoms with Crippen molar-refractivity contribution in [2.24, 2.45) is 35.5 Å². The van der Waals surface area contributed by atoms with Gasteiger partial charge in [0, 0.05) is 15.2 Å². The third-order valence-electron chi connectivity index (χ3n) is 7.58. The molecule has 2 saturated carbocycles. The standard InChI is InChI=1S/C25H19BrCl2N2O3/c26-12-1-4-14(5-2-12)29(23(31)17-6-3-13(27)9-20(17)28)11-30-24(32)21-15-7-8-16(19-10-18(15)19)22(21)25(30)33/h1-9,15-16,18-19,21-22H,10-11H2. The lowest BCUT2D eigenvalue weighted by atomic mass is 9.63. The fraction of sp³-hybridized carbons (Fsp3) is 0.320. The summed E-state index contributed by atoms with van der Waals surface area (Å²) in [7, 11) is 0. The molecular formula is C25H19BrCl2N2O3. The maximum atomic E-state index is 13.6. The van der Waals surface area contributed by atoms with E-state index in [-0.39, 0.29) is 52.7 Å². The van der Waals surface area contributed by atoms with Gasteiger partial charge in [0.05, 0.1) is 22.4 Å². The molecule has 3 fully saturated rings. The Bertz CT molecular complexity index is 1190. The van der Waals surface area contributed by atoms with Gasteiger partial charge in [0.15, 0.2) is 0 Å². The van der Waals surface area contributed by atoms with Gasteiger partial charge >= 0.3 is 0 Å². The van der Waals surface area contributed by atoms with E-state index in [2.05, 4.69) is 28.1 Å². The van der Waals surface area contributed by atoms with Crippen LogP contribution < -0.4 is 4.90 Å². The van der Waals surface area contributed by atoms with Gasteiger partial charge in [-0.3, -0.25) is 24.2 Å². The van der Waals surface area contributed by atoms with Gasteiger partial charge < -0.3 is 0 Å². The van der Waals surface area contributed by atoms with Crippen LogP contribution in [0.5, 0.6) is 0 Å². The molecule has 0 spiro atoms. The van der Waals surface area contributed by atoms with Crippen LogP contribution in [0.15, 0.2) is 59.1 Å². The molecule has 0 radical (unpaired) electrons. The van der Waals surface area contributed by atoms with Crippen LogP contribution in [0.2, 0.25) is 10.0 Å². The van der Waals surface area contributed by atoms with Crippen molar-refractivity contribution in [1.29, 1.82) is 0 Å². The summed E-state index contributed by atoms with van der Waals surface area (Å²) in [5, 5.41) is 0.631. The zero-order valence-corrected chi connectivity index (χ0v) is 20.4. The van der Waals surface area contributed by atoms with Crippen molar-refractivity contribution >= 4 is 62.5 Å². The lowest BCUT2D eigenvalue weighted by Gasteiger charge is -2.37. The molecule has 6 unspecified atom stereocenters. The van der Waals surface area contributed by atoms with E-state index in [1.807, 2.05) is 12.1 Å². The Morgan fingerprint density at radius 2 is 1.58 bits per heavy atom. The van der Waals surface area contributed by atoms with Gasteiger partial charge in [-0.1, -0.05) is 51.3 Å². The number of nitrogens with zero attached hydrogens (tertiary/aromatic N) is 2. The molecule has 2 bridgehead atoms. The molecule has 8 heteroatoms. The number of imide groups is 1. The second-order valence-corrected chi connectivity index (χ2v) is 11.0. The van der Waals surface area contributed by atoms with Gasteiger partial charge in [-0.25, -0.2) is 0 Å². The Morgan fingerprint density at radius 1 is 0.970 bits per heavy atom. The molecule has 7 rings (SSSR count). The van der Waals surface area contributed by atoms with Crippen molar-refractivity contribution in [3.8, 4) is 0 Å². The number of likely N-dealkylation sites (tertiary alicyclic amines) is 1. The molecule has 33 heavy (non-hydrogen) atoms. The Kier molecular flexibility index (Phi) is 4.98. The maximum Gasteiger partial charge on any atom is 0.261 e. The summed E-state index contributed by atoms with van der Waals surface area (Å²) in [5.41, 5.74) is 0.817. The largest absolute Gasteiger partial charge is 0.290 e. The first-order chi connectivity index (χ1) is 15.8. The summed E-state index contributed by atoms with van der Waals surface area (Å²) in [6.45, 7) is -0.154. The topological polar surface area (TPSA) is 57.7 Å². The highest BCUT2D eigenvalue weighted by atomic mass is 79.9. The molecule has 4 aliphatic carbocycles. The van der Waals surface area contributed by atoms with E-state index in [1.165, 1.54) is 15.9 Å².